The molecule has 0 aliphatic heterocycles. The van der Waals surface area contributed by atoms with Crippen LogP contribution >= 0.6 is 11.8 Å². The first-order valence-corrected chi connectivity index (χ1v) is 3.56. The fourth-order valence-electron chi connectivity index (χ4n) is 0.420. The number of hydrogen-bond acceptors (Lipinski definition) is 3. The van der Waals surface area contributed by atoms with Gasteiger partial charge in [-0.1, -0.05) is 23.0 Å². The molecule has 0 aliphatic carbocycles. The Hall–Kier alpha value is -0.700. The molecule has 48 valence electrons. The first-order valence-electron chi connectivity index (χ1n) is 2.57. The highest BCUT2D eigenvalue weighted by Gasteiger charge is 1.91. The van der Waals surface area contributed by atoms with E-state index in [2.05, 4.69) is 16.3 Å². The third kappa shape index (κ3) is 1.93. The topological polar surface area (TPSA) is 26.0 Å². The van der Waals surface area contributed by atoms with Gasteiger partial charge in [0, 0.05) is 11.8 Å². The molecule has 1 aromatic rings. The Morgan fingerprint density at radius 2 is 2.78 bits per heavy atom. The SMILES string of the molecule is C=CCSc1ccon1. The van der Waals surface area contributed by atoms with E-state index < -0.39 is 0 Å². The average Bonchev–Trinajstić information content (AvgIpc) is 2.34. The molecule has 0 amide bonds. The van der Waals surface area contributed by atoms with Crippen molar-refractivity contribution in [2.24, 2.45) is 0 Å². The summed E-state index contributed by atoms with van der Waals surface area (Å²) in [7, 11) is 0. The second kappa shape index (κ2) is 3.35. The van der Waals surface area contributed by atoms with Gasteiger partial charge in [-0.15, -0.1) is 6.58 Å². The Morgan fingerprint density at radius 1 is 1.89 bits per heavy atom. The molecule has 3 heteroatoms. The lowest BCUT2D eigenvalue weighted by atomic mass is 10.8. The van der Waals surface area contributed by atoms with Crippen LogP contribution in [-0.4, -0.2) is 10.9 Å². The van der Waals surface area contributed by atoms with Gasteiger partial charge in [0.2, 0.25) is 0 Å². The fourth-order valence-corrected chi connectivity index (χ4v) is 0.956. The molecule has 0 saturated carbocycles. The zero-order chi connectivity index (χ0) is 6.53. The molecule has 1 heterocycles. The Kier molecular flexibility index (Phi) is 2.39. The molecule has 0 unspecified atom stereocenters. The average molecular weight is 141 g/mol. The van der Waals surface area contributed by atoms with Crippen LogP contribution in [0.2, 0.25) is 0 Å². The summed E-state index contributed by atoms with van der Waals surface area (Å²) in [5, 5.41) is 4.61. The molecule has 0 radical (unpaired) electrons. The van der Waals surface area contributed by atoms with E-state index in [0.29, 0.717) is 0 Å². The summed E-state index contributed by atoms with van der Waals surface area (Å²) in [6.07, 6.45) is 3.39. The van der Waals surface area contributed by atoms with Gasteiger partial charge in [0.1, 0.15) is 11.3 Å². The van der Waals surface area contributed by atoms with Gasteiger partial charge in [-0.2, -0.15) is 0 Å². The van der Waals surface area contributed by atoms with E-state index in [1.807, 2.05) is 12.1 Å². The zero-order valence-corrected chi connectivity index (χ0v) is 5.73. The van der Waals surface area contributed by atoms with Crippen LogP contribution in [0.25, 0.3) is 0 Å². The first kappa shape index (κ1) is 6.42. The van der Waals surface area contributed by atoms with Crippen LogP contribution in [0, 0.1) is 0 Å². The van der Waals surface area contributed by atoms with Crippen LogP contribution in [0.5, 0.6) is 0 Å². The van der Waals surface area contributed by atoms with Crippen LogP contribution < -0.4 is 0 Å². The molecular formula is C6H7NOS. The molecule has 0 aromatic carbocycles. The standard InChI is InChI=1S/C6H7NOS/c1-2-5-9-6-3-4-8-7-6/h2-4H,1,5H2. The van der Waals surface area contributed by atoms with Crippen molar-refractivity contribution in [1.82, 2.24) is 5.16 Å². The van der Waals surface area contributed by atoms with Gasteiger partial charge >= 0.3 is 0 Å². The largest absolute Gasteiger partial charge is 0.364 e. The van der Waals surface area contributed by atoms with E-state index >= 15 is 0 Å². The van der Waals surface area contributed by atoms with Crippen LogP contribution in [0.15, 0.2) is 34.5 Å². The van der Waals surface area contributed by atoms with Crippen LogP contribution in [0.1, 0.15) is 0 Å². The predicted molar refractivity (Wildman–Crippen MR) is 37.4 cm³/mol. The second-order valence-corrected chi connectivity index (χ2v) is 2.48. The van der Waals surface area contributed by atoms with Gasteiger partial charge < -0.3 is 4.52 Å². The summed E-state index contributed by atoms with van der Waals surface area (Å²) in [6, 6.07) is 1.83. The number of thioether (sulfide) groups is 1. The molecule has 2 nitrogen and oxygen atoms in total. The van der Waals surface area contributed by atoms with E-state index in [9.17, 15) is 0 Å². The highest BCUT2D eigenvalue weighted by Crippen LogP contribution is 2.13. The summed E-state index contributed by atoms with van der Waals surface area (Å²) in [4.78, 5) is 0. The lowest BCUT2D eigenvalue weighted by molar-refractivity contribution is 0.404. The van der Waals surface area contributed by atoms with E-state index in [1.54, 1.807) is 18.0 Å². The van der Waals surface area contributed by atoms with Gasteiger partial charge in [-0.3, -0.25) is 0 Å². The summed E-state index contributed by atoms with van der Waals surface area (Å²) in [6.45, 7) is 3.58. The quantitative estimate of drug-likeness (QED) is 0.475. The van der Waals surface area contributed by atoms with Crippen molar-refractivity contribution in [3.05, 3.63) is 25.0 Å². The smallest absolute Gasteiger partial charge is 0.140 e. The lowest BCUT2D eigenvalue weighted by Crippen LogP contribution is -1.69. The van der Waals surface area contributed by atoms with E-state index in [4.69, 9.17) is 0 Å². The maximum Gasteiger partial charge on any atom is 0.140 e. The molecule has 0 spiro atoms. The monoisotopic (exact) mass is 141 g/mol. The molecule has 0 fully saturated rings. The summed E-state index contributed by atoms with van der Waals surface area (Å²) >= 11 is 1.60. The molecular weight excluding hydrogens is 134 g/mol. The number of aromatic nitrogens is 1. The zero-order valence-electron chi connectivity index (χ0n) is 4.91. The minimum absolute atomic E-state index is 0.881. The maximum atomic E-state index is 4.61. The first-order chi connectivity index (χ1) is 4.43. The molecule has 9 heavy (non-hydrogen) atoms. The molecule has 1 aromatic heterocycles. The number of hydrogen-bond donors (Lipinski definition) is 0. The van der Waals surface area contributed by atoms with E-state index in [0.717, 1.165) is 10.8 Å². The second-order valence-electron chi connectivity index (χ2n) is 1.44. The Bertz CT molecular complexity index is 171. The number of rotatable bonds is 3. The lowest BCUT2D eigenvalue weighted by Gasteiger charge is -1.84. The minimum Gasteiger partial charge on any atom is -0.364 e. The van der Waals surface area contributed by atoms with Gasteiger partial charge in [-0.25, -0.2) is 0 Å². The normalized spacial score (nSPS) is 9.33. The molecule has 0 atom stereocenters. The van der Waals surface area contributed by atoms with E-state index in [-0.39, 0.29) is 0 Å². The number of nitrogens with zero attached hydrogens (tertiary/aromatic N) is 1. The maximum absolute atomic E-state index is 4.61. The summed E-state index contributed by atoms with van der Waals surface area (Å²) in [5.41, 5.74) is 0. The van der Waals surface area contributed by atoms with Gasteiger partial charge in [-0.05, 0) is 0 Å². The van der Waals surface area contributed by atoms with Crippen molar-refractivity contribution in [2.45, 2.75) is 5.03 Å². The Labute approximate surface area is 57.9 Å². The molecule has 1 rings (SSSR count). The Balaban J connectivity index is 2.38. The molecule has 0 saturated heterocycles. The van der Waals surface area contributed by atoms with Gasteiger partial charge in [0.15, 0.2) is 0 Å². The fraction of sp³-hybridized carbons (Fsp3) is 0.167. The van der Waals surface area contributed by atoms with Crippen molar-refractivity contribution < 1.29 is 4.52 Å². The third-order valence-electron chi connectivity index (χ3n) is 0.763. The Morgan fingerprint density at radius 3 is 3.33 bits per heavy atom. The van der Waals surface area contributed by atoms with Gasteiger partial charge in [0.05, 0.1) is 0 Å². The van der Waals surface area contributed by atoms with Crippen LogP contribution in [0.4, 0.5) is 0 Å². The van der Waals surface area contributed by atoms with E-state index in [1.165, 1.54) is 0 Å². The van der Waals surface area contributed by atoms with Crippen molar-refractivity contribution in [3.63, 3.8) is 0 Å². The molecule has 0 bridgehead atoms. The third-order valence-corrected chi connectivity index (χ3v) is 1.67. The van der Waals surface area contributed by atoms with Crippen molar-refractivity contribution in [1.29, 1.82) is 0 Å². The summed E-state index contributed by atoms with van der Waals surface area (Å²) < 4.78 is 4.61. The van der Waals surface area contributed by atoms with Crippen molar-refractivity contribution in [2.75, 3.05) is 5.75 Å². The van der Waals surface area contributed by atoms with Crippen LogP contribution in [-0.2, 0) is 0 Å². The van der Waals surface area contributed by atoms with Crippen LogP contribution in [0.3, 0.4) is 0 Å². The van der Waals surface area contributed by atoms with Gasteiger partial charge in [0.25, 0.3) is 0 Å². The highest BCUT2D eigenvalue weighted by molar-refractivity contribution is 7.99. The van der Waals surface area contributed by atoms with Crippen molar-refractivity contribution >= 4 is 11.8 Å². The van der Waals surface area contributed by atoms with Crippen molar-refractivity contribution in [3.8, 4) is 0 Å². The molecule has 0 aliphatic rings. The summed E-state index contributed by atoms with van der Waals surface area (Å²) in [5.74, 6) is 0.881. The molecule has 0 N–H and O–H groups in total. The predicted octanol–water partition coefficient (Wildman–Crippen LogP) is 1.95. The highest BCUT2D eigenvalue weighted by atomic mass is 32.2. The minimum atomic E-state index is 0.881.